The Kier molecular flexibility index (Phi) is 13.4. The van der Waals surface area contributed by atoms with Gasteiger partial charge in [0, 0.05) is 37.1 Å². The van der Waals surface area contributed by atoms with Crippen LogP contribution in [-0.2, 0) is 4.74 Å². The van der Waals surface area contributed by atoms with Crippen LogP contribution in [0.2, 0.25) is 0 Å². The van der Waals surface area contributed by atoms with Gasteiger partial charge in [0.25, 0.3) is 5.56 Å². The number of aldehydes is 1. The van der Waals surface area contributed by atoms with E-state index < -0.39 is 17.7 Å². The molecule has 0 fully saturated rings. The Labute approximate surface area is 272 Å². The minimum absolute atomic E-state index is 0.0867. The van der Waals surface area contributed by atoms with Crippen molar-refractivity contribution in [2.75, 3.05) is 43.0 Å². The van der Waals surface area contributed by atoms with Gasteiger partial charge in [-0.3, -0.25) is 14.9 Å². The fourth-order valence-corrected chi connectivity index (χ4v) is 5.52. The summed E-state index contributed by atoms with van der Waals surface area (Å²) in [5, 5.41) is 16.9. The van der Waals surface area contributed by atoms with Gasteiger partial charge in [-0.1, -0.05) is 32.1 Å². The number of H-pyrrole nitrogens is 1. The molecule has 248 valence electrons. The van der Waals surface area contributed by atoms with Crippen LogP contribution in [0.25, 0.3) is 0 Å². The van der Waals surface area contributed by atoms with Gasteiger partial charge in [-0.05, 0) is 69.2 Å². The molecule has 4 N–H and O–H groups in total. The van der Waals surface area contributed by atoms with Crippen LogP contribution in [0.15, 0.2) is 45.4 Å². The topological polar surface area (TPSA) is 183 Å². The number of anilines is 2. The number of thiazole rings is 1. The lowest BCUT2D eigenvalue weighted by Gasteiger charge is -2.28. The Morgan fingerprint density at radius 1 is 1.15 bits per heavy atom. The molecule has 14 nitrogen and oxygen atoms in total. The number of alkyl carbamates (subject to hydrolysis) is 1. The van der Waals surface area contributed by atoms with Crippen LogP contribution >= 0.6 is 11.3 Å². The summed E-state index contributed by atoms with van der Waals surface area (Å²) in [5.41, 5.74) is 2.35. The molecule has 1 unspecified atom stereocenters. The molecule has 0 bridgehead atoms. The van der Waals surface area contributed by atoms with Crippen molar-refractivity contribution in [1.29, 1.82) is 0 Å². The molecule has 46 heavy (non-hydrogen) atoms. The van der Waals surface area contributed by atoms with E-state index in [1.54, 1.807) is 13.8 Å². The standard InChI is InChI=1S/C31H43N9O5S/c1-7-40(24-10-8-23(9-11-24)38-39-29-35-22(4)25(19-41)46-29)14-15-45-30(44)32-13-12-31(5,6)17-20(2)18-33-28(43)37-27-34-21(3)16-26(42)36-27/h8-11,16,19-20H,7,12-15,17-18H2,1-6H3,(H,32,44)(H3,33,34,36,37,42,43)/b39-38+. The van der Waals surface area contributed by atoms with Crippen molar-refractivity contribution in [3.8, 4) is 0 Å². The van der Waals surface area contributed by atoms with E-state index in [-0.39, 0.29) is 23.9 Å². The number of rotatable bonds is 16. The zero-order chi connectivity index (χ0) is 33.7. The van der Waals surface area contributed by atoms with Gasteiger partial charge in [-0.25, -0.2) is 14.6 Å². The third-order valence-electron chi connectivity index (χ3n) is 7.06. The number of amides is 3. The van der Waals surface area contributed by atoms with Gasteiger partial charge in [0.15, 0.2) is 6.29 Å². The highest BCUT2D eigenvalue weighted by atomic mass is 32.1. The number of nitrogens with zero attached hydrogens (tertiary/aromatic N) is 5. The molecule has 3 rings (SSSR count). The Balaban J connectivity index is 1.33. The number of likely N-dealkylation sites (N-methyl/N-ethyl adjacent to an activating group) is 1. The fourth-order valence-electron chi connectivity index (χ4n) is 4.82. The maximum Gasteiger partial charge on any atom is 0.407 e. The first kappa shape index (κ1) is 35.8. The molecule has 3 aromatic rings. The number of hydrogen-bond donors (Lipinski definition) is 4. The molecule has 0 aliphatic rings. The maximum absolute atomic E-state index is 12.3. The summed E-state index contributed by atoms with van der Waals surface area (Å²) in [7, 11) is 0. The molecule has 1 aromatic carbocycles. The SMILES string of the molecule is CCN(CCOC(=O)NCCC(C)(C)CC(C)CNC(=O)Nc1nc(=O)cc(C)[nH]1)c1ccc(/N=N/c2nc(C)c(C=O)s2)cc1. The highest BCUT2D eigenvalue weighted by Crippen LogP contribution is 2.29. The van der Waals surface area contributed by atoms with Gasteiger partial charge in [0.2, 0.25) is 11.1 Å². The number of aryl methyl sites for hydroxylation is 2. The third kappa shape index (κ3) is 12.0. The highest BCUT2D eigenvalue weighted by molar-refractivity contribution is 7.17. The molecule has 1 atom stereocenters. The van der Waals surface area contributed by atoms with E-state index in [1.807, 2.05) is 38.1 Å². The van der Waals surface area contributed by atoms with E-state index in [9.17, 15) is 19.2 Å². The van der Waals surface area contributed by atoms with Gasteiger partial charge in [0.1, 0.15) is 6.61 Å². The van der Waals surface area contributed by atoms with E-state index in [2.05, 4.69) is 59.9 Å². The number of nitrogens with one attached hydrogen (secondary N) is 4. The Morgan fingerprint density at radius 2 is 1.89 bits per heavy atom. The van der Waals surface area contributed by atoms with E-state index in [4.69, 9.17) is 4.74 Å². The van der Waals surface area contributed by atoms with Crippen molar-refractivity contribution < 1.29 is 19.1 Å². The molecule has 0 spiro atoms. The molecule has 0 aliphatic heterocycles. The van der Waals surface area contributed by atoms with Crippen LogP contribution in [0.5, 0.6) is 0 Å². The first-order chi connectivity index (χ1) is 21.9. The lowest BCUT2D eigenvalue weighted by Crippen LogP contribution is -2.35. The van der Waals surface area contributed by atoms with Gasteiger partial charge in [-0.15, -0.1) is 10.2 Å². The van der Waals surface area contributed by atoms with Crippen molar-refractivity contribution in [3.05, 3.63) is 57.0 Å². The first-order valence-electron chi connectivity index (χ1n) is 15.1. The van der Waals surface area contributed by atoms with E-state index >= 15 is 0 Å². The summed E-state index contributed by atoms with van der Waals surface area (Å²) in [4.78, 5) is 60.5. The number of urea groups is 1. The second-order valence-electron chi connectivity index (χ2n) is 11.7. The lowest BCUT2D eigenvalue weighted by molar-refractivity contribution is 0.112. The predicted octanol–water partition coefficient (Wildman–Crippen LogP) is 5.89. The van der Waals surface area contributed by atoms with Crippen LogP contribution in [0.4, 0.5) is 32.0 Å². The van der Waals surface area contributed by atoms with Gasteiger partial charge >= 0.3 is 12.1 Å². The normalized spacial score (nSPS) is 12.0. The van der Waals surface area contributed by atoms with Crippen molar-refractivity contribution in [1.82, 2.24) is 25.6 Å². The summed E-state index contributed by atoms with van der Waals surface area (Å²) < 4.78 is 5.41. The van der Waals surface area contributed by atoms with E-state index in [0.717, 1.165) is 31.4 Å². The minimum Gasteiger partial charge on any atom is -0.448 e. The number of ether oxygens (including phenoxy) is 1. The van der Waals surface area contributed by atoms with Crippen LogP contribution in [0.3, 0.4) is 0 Å². The van der Waals surface area contributed by atoms with Gasteiger partial charge in [-0.2, -0.15) is 4.98 Å². The monoisotopic (exact) mass is 653 g/mol. The molecular weight excluding hydrogens is 610 g/mol. The zero-order valence-corrected chi connectivity index (χ0v) is 28.0. The Hall–Kier alpha value is -4.66. The van der Waals surface area contributed by atoms with E-state index in [1.165, 1.54) is 17.4 Å². The lowest BCUT2D eigenvalue weighted by atomic mass is 9.80. The molecule has 15 heteroatoms. The number of aromatic nitrogens is 3. The average Bonchev–Trinajstić information content (AvgIpc) is 3.36. The van der Waals surface area contributed by atoms with Crippen LogP contribution < -0.4 is 26.4 Å². The molecule has 3 amide bonds. The summed E-state index contributed by atoms with van der Waals surface area (Å²) in [6.45, 7) is 14.2. The number of aromatic amines is 1. The summed E-state index contributed by atoms with van der Waals surface area (Å²) >= 11 is 1.19. The number of carbonyl (C=O) groups excluding carboxylic acids is 3. The van der Waals surface area contributed by atoms with E-state index in [0.29, 0.717) is 46.7 Å². The van der Waals surface area contributed by atoms with Crippen molar-refractivity contribution in [2.45, 2.75) is 54.4 Å². The summed E-state index contributed by atoms with van der Waals surface area (Å²) in [6, 6.07) is 8.44. The second kappa shape index (κ2) is 17.1. The molecular formula is C31H43N9O5S. The minimum atomic E-state index is -0.466. The third-order valence-corrected chi connectivity index (χ3v) is 8.03. The van der Waals surface area contributed by atoms with Crippen molar-refractivity contribution in [2.24, 2.45) is 21.6 Å². The number of azo groups is 1. The smallest absolute Gasteiger partial charge is 0.407 e. The number of benzene rings is 1. The molecule has 2 heterocycles. The van der Waals surface area contributed by atoms with Gasteiger partial charge < -0.3 is 25.3 Å². The molecule has 0 aliphatic carbocycles. The molecule has 2 aromatic heterocycles. The highest BCUT2D eigenvalue weighted by Gasteiger charge is 2.22. The Morgan fingerprint density at radius 3 is 2.54 bits per heavy atom. The van der Waals surface area contributed by atoms with Crippen LogP contribution in [0, 0.1) is 25.2 Å². The second-order valence-corrected chi connectivity index (χ2v) is 12.7. The zero-order valence-electron chi connectivity index (χ0n) is 27.2. The maximum atomic E-state index is 12.3. The predicted molar refractivity (Wildman–Crippen MR) is 179 cm³/mol. The summed E-state index contributed by atoms with van der Waals surface area (Å²) in [5.74, 6) is 0.275. The van der Waals surface area contributed by atoms with Crippen LogP contribution in [-0.4, -0.2) is 66.1 Å². The summed E-state index contributed by atoms with van der Waals surface area (Å²) in [6.07, 6.45) is 1.85. The number of carbonyl (C=O) groups is 3. The molecule has 0 saturated heterocycles. The molecule has 0 radical (unpaired) electrons. The largest absolute Gasteiger partial charge is 0.448 e. The first-order valence-corrected chi connectivity index (χ1v) is 15.9. The van der Waals surface area contributed by atoms with Gasteiger partial charge in [0.05, 0.1) is 22.8 Å². The van der Waals surface area contributed by atoms with Crippen LogP contribution in [0.1, 0.15) is 61.6 Å². The van der Waals surface area contributed by atoms with Crippen molar-refractivity contribution >= 4 is 52.2 Å². The Bertz CT molecular complexity index is 1550. The average molecular weight is 654 g/mol. The fraction of sp³-hybridized carbons (Fsp3) is 0.484. The quantitative estimate of drug-likeness (QED) is 0.109. The van der Waals surface area contributed by atoms with Crippen molar-refractivity contribution in [3.63, 3.8) is 0 Å². The number of hydrogen-bond acceptors (Lipinski definition) is 11. The molecule has 0 saturated carbocycles.